The van der Waals surface area contributed by atoms with Crippen LogP contribution in [0.2, 0.25) is 0 Å². The molecule has 4 heteroatoms. The van der Waals surface area contributed by atoms with Crippen LogP contribution in [0, 0.1) is 0 Å². The van der Waals surface area contributed by atoms with Crippen molar-refractivity contribution >= 4 is 11.7 Å². The highest BCUT2D eigenvalue weighted by molar-refractivity contribution is 5.99. The number of carbonyl (C=O) groups excluding carboxylic acids is 2. The van der Waals surface area contributed by atoms with Crippen molar-refractivity contribution in [3.05, 3.63) is 0 Å². The van der Waals surface area contributed by atoms with Crippen molar-refractivity contribution in [2.75, 3.05) is 13.7 Å². The number of Topliss-reactive ketones (excluding diaryl/α,β-unsaturated/α-hetero) is 1. The summed E-state index contributed by atoms with van der Waals surface area (Å²) in [6.07, 6.45) is 0.410. The van der Waals surface area contributed by atoms with Gasteiger partial charge in [-0.05, 0) is 0 Å². The van der Waals surface area contributed by atoms with Gasteiger partial charge in [-0.3, -0.25) is 14.4 Å². The molecule has 1 rings (SSSR count). The lowest BCUT2D eigenvalue weighted by Gasteiger charge is -2.22. The van der Waals surface area contributed by atoms with Crippen LogP contribution in [0.15, 0.2) is 0 Å². The van der Waals surface area contributed by atoms with Gasteiger partial charge in [-0.2, -0.15) is 0 Å². The number of hydrogen-bond acceptors (Lipinski definition) is 3. The van der Waals surface area contributed by atoms with Crippen LogP contribution >= 0.6 is 0 Å². The smallest absolute Gasteiger partial charge is 0.253 e. The van der Waals surface area contributed by atoms with Gasteiger partial charge >= 0.3 is 0 Å². The molecular weight excluding hydrogens is 134 g/mol. The molecule has 1 saturated heterocycles. The summed E-state index contributed by atoms with van der Waals surface area (Å²) < 4.78 is 0. The quantitative estimate of drug-likeness (QED) is 0.475. The van der Waals surface area contributed by atoms with Crippen LogP contribution < -0.4 is 0 Å². The van der Waals surface area contributed by atoms with Crippen molar-refractivity contribution in [1.29, 1.82) is 0 Å². The lowest BCUT2D eigenvalue weighted by atomic mass is 10.1. The Bertz CT molecular complexity index is 166. The molecule has 0 aromatic heterocycles. The first-order valence-corrected chi connectivity index (χ1v) is 3.10. The van der Waals surface area contributed by atoms with Crippen LogP contribution in [0.4, 0.5) is 0 Å². The van der Waals surface area contributed by atoms with E-state index in [4.69, 9.17) is 0 Å². The zero-order chi connectivity index (χ0) is 7.56. The molecule has 0 aliphatic carbocycles. The zero-order valence-corrected chi connectivity index (χ0v) is 5.79. The summed E-state index contributed by atoms with van der Waals surface area (Å²) >= 11 is 0. The Labute approximate surface area is 58.7 Å². The highest BCUT2D eigenvalue weighted by Gasteiger charge is 2.23. The number of carbonyl (C=O) groups is 2. The third kappa shape index (κ3) is 1.33. The van der Waals surface area contributed by atoms with Crippen molar-refractivity contribution < 1.29 is 14.4 Å². The molecule has 0 saturated carbocycles. The van der Waals surface area contributed by atoms with E-state index in [1.54, 1.807) is 0 Å². The third-order valence-corrected chi connectivity index (χ3v) is 1.44. The van der Waals surface area contributed by atoms with E-state index in [1.165, 1.54) is 12.2 Å². The van der Waals surface area contributed by atoms with Crippen LogP contribution in [0.1, 0.15) is 12.8 Å². The van der Waals surface area contributed by atoms with Crippen LogP contribution in [0.5, 0.6) is 0 Å². The minimum Gasteiger partial charge on any atom is -0.299 e. The molecule has 1 amide bonds. The summed E-state index contributed by atoms with van der Waals surface area (Å²) in [4.78, 5) is 26.1. The fourth-order valence-electron chi connectivity index (χ4n) is 0.889. The SMILES string of the molecule is CON1CCC(=O)CC1=O. The topological polar surface area (TPSA) is 46.6 Å². The highest BCUT2D eigenvalue weighted by atomic mass is 16.7. The molecule has 0 atom stereocenters. The molecule has 0 bridgehead atoms. The summed E-state index contributed by atoms with van der Waals surface area (Å²) in [6.45, 7) is 0.397. The maximum absolute atomic E-state index is 10.8. The maximum Gasteiger partial charge on any atom is 0.253 e. The zero-order valence-electron chi connectivity index (χ0n) is 5.79. The number of rotatable bonds is 1. The number of amides is 1. The number of hydroxylamine groups is 2. The summed E-state index contributed by atoms with van der Waals surface area (Å²) in [5.41, 5.74) is 0. The second-order valence-electron chi connectivity index (χ2n) is 2.14. The standard InChI is InChI=1S/C6H9NO3/c1-10-7-3-2-5(8)4-6(7)9/h2-4H2,1H3. The molecule has 0 aromatic rings. The van der Waals surface area contributed by atoms with E-state index in [0.29, 0.717) is 13.0 Å². The van der Waals surface area contributed by atoms with Crippen molar-refractivity contribution in [1.82, 2.24) is 5.06 Å². The van der Waals surface area contributed by atoms with Crippen molar-refractivity contribution in [3.63, 3.8) is 0 Å². The molecule has 0 unspecified atom stereocenters. The molecule has 1 fully saturated rings. The van der Waals surface area contributed by atoms with Gasteiger partial charge in [0.2, 0.25) is 0 Å². The molecule has 0 spiro atoms. The normalized spacial score (nSPS) is 19.9. The fraction of sp³-hybridized carbons (Fsp3) is 0.667. The van der Waals surface area contributed by atoms with Crippen molar-refractivity contribution in [3.8, 4) is 0 Å². The molecule has 0 aromatic carbocycles. The lowest BCUT2D eigenvalue weighted by molar-refractivity contribution is -0.181. The Kier molecular flexibility index (Phi) is 2.01. The first-order chi connectivity index (χ1) is 4.74. The molecule has 56 valence electrons. The Balaban J connectivity index is 2.51. The Morgan fingerprint density at radius 2 is 2.20 bits per heavy atom. The van der Waals surface area contributed by atoms with Gasteiger partial charge in [-0.1, -0.05) is 0 Å². The summed E-state index contributed by atoms with van der Waals surface area (Å²) in [7, 11) is 1.42. The van der Waals surface area contributed by atoms with Gasteiger partial charge in [0, 0.05) is 6.42 Å². The summed E-state index contributed by atoms with van der Waals surface area (Å²) in [5.74, 6) is -0.239. The Morgan fingerprint density at radius 3 is 2.70 bits per heavy atom. The second-order valence-corrected chi connectivity index (χ2v) is 2.14. The number of piperidine rings is 1. The van der Waals surface area contributed by atoms with Gasteiger partial charge in [-0.25, -0.2) is 5.06 Å². The minimum atomic E-state index is -0.237. The highest BCUT2D eigenvalue weighted by Crippen LogP contribution is 2.06. The van der Waals surface area contributed by atoms with E-state index < -0.39 is 0 Å². The summed E-state index contributed by atoms with van der Waals surface area (Å²) in [5, 5.41) is 1.21. The van der Waals surface area contributed by atoms with E-state index in [9.17, 15) is 9.59 Å². The van der Waals surface area contributed by atoms with E-state index in [0.717, 1.165) is 0 Å². The molecule has 4 nitrogen and oxygen atoms in total. The Morgan fingerprint density at radius 1 is 1.50 bits per heavy atom. The average molecular weight is 143 g/mol. The van der Waals surface area contributed by atoms with Gasteiger partial charge < -0.3 is 0 Å². The van der Waals surface area contributed by atoms with Crippen LogP contribution in [-0.2, 0) is 14.4 Å². The largest absolute Gasteiger partial charge is 0.299 e. The molecule has 1 aliphatic heterocycles. The van der Waals surface area contributed by atoms with Crippen LogP contribution in [-0.4, -0.2) is 30.4 Å². The maximum atomic E-state index is 10.8. The number of ketones is 1. The second kappa shape index (κ2) is 2.79. The average Bonchev–Trinajstić information content (AvgIpc) is 1.88. The lowest BCUT2D eigenvalue weighted by Crippen LogP contribution is -2.37. The van der Waals surface area contributed by atoms with Gasteiger partial charge in [0.05, 0.1) is 20.1 Å². The fourth-order valence-corrected chi connectivity index (χ4v) is 0.889. The predicted molar refractivity (Wildman–Crippen MR) is 33.0 cm³/mol. The van der Waals surface area contributed by atoms with Crippen molar-refractivity contribution in [2.24, 2.45) is 0 Å². The van der Waals surface area contributed by atoms with E-state index in [2.05, 4.69) is 4.84 Å². The molecule has 1 heterocycles. The summed E-state index contributed by atoms with van der Waals surface area (Å²) in [6, 6.07) is 0. The predicted octanol–water partition coefficient (Wildman–Crippen LogP) is -0.261. The first kappa shape index (κ1) is 7.21. The van der Waals surface area contributed by atoms with Gasteiger partial charge in [0.1, 0.15) is 5.78 Å². The van der Waals surface area contributed by atoms with Crippen molar-refractivity contribution in [2.45, 2.75) is 12.8 Å². The molecule has 0 radical (unpaired) electrons. The van der Waals surface area contributed by atoms with E-state index in [-0.39, 0.29) is 18.1 Å². The Hall–Kier alpha value is -0.900. The number of nitrogens with zero attached hydrogens (tertiary/aromatic N) is 1. The van der Waals surface area contributed by atoms with Crippen LogP contribution in [0.25, 0.3) is 0 Å². The third-order valence-electron chi connectivity index (χ3n) is 1.44. The van der Waals surface area contributed by atoms with Gasteiger partial charge in [-0.15, -0.1) is 0 Å². The number of hydrogen-bond donors (Lipinski definition) is 0. The van der Waals surface area contributed by atoms with E-state index >= 15 is 0 Å². The van der Waals surface area contributed by atoms with Crippen LogP contribution in [0.3, 0.4) is 0 Å². The molecular formula is C6H9NO3. The van der Waals surface area contributed by atoms with E-state index in [1.807, 2.05) is 0 Å². The monoisotopic (exact) mass is 143 g/mol. The van der Waals surface area contributed by atoms with Gasteiger partial charge in [0.15, 0.2) is 0 Å². The molecule has 1 aliphatic rings. The van der Waals surface area contributed by atoms with Gasteiger partial charge in [0.25, 0.3) is 5.91 Å². The minimum absolute atomic E-state index is 0.00157. The molecule has 10 heavy (non-hydrogen) atoms. The molecule has 0 N–H and O–H groups in total. The first-order valence-electron chi connectivity index (χ1n) is 3.10.